The molecule has 1 heterocycles. The summed E-state index contributed by atoms with van der Waals surface area (Å²) < 4.78 is 0. The first-order valence-corrected chi connectivity index (χ1v) is 9.63. The van der Waals surface area contributed by atoms with E-state index in [2.05, 4.69) is 15.6 Å². The van der Waals surface area contributed by atoms with Crippen molar-refractivity contribution in [2.75, 3.05) is 0 Å². The van der Waals surface area contributed by atoms with E-state index < -0.39 is 0 Å². The lowest BCUT2D eigenvalue weighted by molar-refractivity contribution is 0.0829. The highest BCUT2D eigenvalue weighted by atomic mass is 16.2. The smallest absolute Gasteiger partial charge is 0.270 e. The maximum Gasteiger partial charge on any atom is 0.270 e. The summed E-state index contributed by atoms with van der Waals surface area (Å²) in [6.07, 6.45) is 5.48. The van der Waals surface area contributed by atoms with Gasteiger partial charge in [0.2, 0.25) is 0 Å². The van der Waals surface area contributed by atoms with Crippen molar-refractivity contribution in [2.24, 2.45) is 0 Å². The second-order valence-electron chi connectivity index (χ2n) is 8.03. The molecule has 4 rings (SSSR count). The van der Waals surface area contributed by atoms with E-state index >= 15 is 0 Å². The van der Waals surface area contributed by atoms with Crippen molar-refractivity contribution in [2.45, 2.75) is 56.5 Å². The molecular weight excluding hydrogens is 338 g/mol. The number of hydrogen-bond acceptors (Lipinski definition) is 3. The molecule has 0 saturated heterocycles. The molecule has 2 N–H and O–H groups in total. The van der Waals surface area contributed by atoms with Gasteiger partial charge in [-0.25, -0.2) is 4.98 Å². The van der Waals surface area contributed by atoms with Gasteiger partial charge < -0.3 is 10.6 Å². The van der Waals surface area contributed by atoms with E-state index in [1.165, 1.54) is 0 Å². The number of aromatic nitrogens is 1. The summed E-state index contributed by atoms with van der Waals surface area (Å²) >= 11 is 0. The monoisotopic (exact) mass is 363 g/mol. The average molecular weight is 363 g/mol. The van der Waals surface area contributed by atoms with Gasteiger partial charge in [0.25, 0.3) is 11.8 Å². The number of rotatable bonds is 4. The van der Waals surface area contributed by atoms with Crippen LogP contribution in [0.4, 0.5) is 0 Å². The van der Waals surface area contributed by atoms with Crippen LogP contribution in [0.15, 0.2) is 48.5 Å². The number of nitrogens with zero attached hydrogens (tertiary/aromatic N) is 1. The Morgan fingerprint density at radius 1 is 0.852 bits per heavy atom. The average Bonchev–Trinajstić information content (AvgIpc) is 2.92. The summed E-state index contributed by atoms with van der Waals surface area (Å²) in [5.74, 6) is -0.147. The Balaban J connectivity index is 1.48. The fourth-order valence-electron chi connectivity index (χ4n) is 4.71. The molecule has 2 bridgehead atoms. The number of nitrogens with one attached hydrogen (secondary N) is 2. The number of hydrogen-bond donors (Lipinski definition) is 2. The second-order valence-corrected chi connectivity index (χ2v) is 8.03. The third-order valence-electron chi connectivity index (χ3n) is 5.98. The Morgan fingerprint density at radius 3 is 2.19 bits per heavy atom. The van der Waals surface area contributed by atoms with Crippen LogP contribution in [0.1, 0.15) is 65.1 Å². The predicted octanol–water partition coefficient (Wildman–Crippen LogP) is 3.40. The molecule has 5 heteroatoms. The molecule has 2 saturated carbocycles. The molecule has 1 aromatic heterocycles. The van der Waals surface area contributed by atoms with Gasteiger partial charge in [0.1, 0.15) is 5.69 Å². The Hall–Kier alpha value is -2.69. The van der Waals surface area contributed by atoms with Crippen molar-refractivity contribution in [3.8, 4) is 0 Å². The minimum atomic E-state index is -0.245. The largest absolute Gasteiger partial charge is 0.347 e. The Morgan fingerprint density at radius 2 is 1.52 bits per heavy atom. The zero-order chi connectivity index (χ0) is 18.9. The topological polar surface area (TPSA) is 71.1 Å². The van der Waals surface area contributed by atoms with Crippen molar-refractivity contribution < 1.29 is 9.59 Å². The first-order valence-electron chi connectivity index (χ1n) is 9.63. The lowest BCUT2D eigenvalue weighted by Crippen LogP contribution is -2.55. The van der Waals surface area contributed by atoms with Crippen LogP contribution in [0, 0.1) is 6.92 Å². The summed E-state index contributed by atoms with van der Waals surface area (Å²) in [4.78, 5) is 29.7. The SMILES string of the molecule is Cc1cccc(C(=O)N[C@]23CCC[C@](NC(=O)c4ccccc4)(CC2)C3)n1. The molecule has 2 fully saturated rings. The molecule has 2 atom stereocenters. The maximum absolute atomic E-state index is 12.7. The van der Waals surface area contributed by atoms with E-state index in [1.54, 1.807) is 6.07 Å². The Kier molecular flexibility index (Phi) is 4.46. The summed E-state index contributed by atoms with van der Waals surface area (Å²) in [6, 6.07) is 14.8. The van der Waals surface area contributed by atoms with Crippen LogP contribution in [0.5, 0.6) is 0 Å². The number of aryl methyl sites for hydroxylation is 1. The standard InChI is InChI=1S/C22H25N3O2/c1-16-7-5-10-18(23-16)20(27)25-22-12-6-11-21(15-22,13-14-22)24-19(26)17-8-3-2-4-9-17/h2-5,7-10H,6,11-15H2,1H3,(H,24,26)(H,25,27)/t21-,22+/m0/s1. The van der Waals surface area contributed by atoms with Crippen LogP contribution in [-0.2, 0) is 0 Å². The number of carbonyl (C=O) groups is 2. The van der Waals surface area contributed by atoms with Crippen LogP contribution in [0.3, 0.4) is 0 Å². The van der Waals surface area contributed by atoms with Gasteiger partial charge in [-0.1, -0.05) is 24.3 Å². The molecule has 1 aromatic carbocycles. The van der Waals surface area contributed by atoms with Gasteiger partial charge in [-0.05, 0) is 69.7 Å². The molecule has 0 spiro atoms. The van der Waals surface area contributed by atoms with Crippen molar-refractivity contribution in [3.05, 3.63) is 65.5 Å². The van der Waals surface area contributed by atoms with Gasteiger partial charge in [0.15, 0.2) is 0 Å². The van der Waals surface area contributed by atoms with Crippen LogP contribution in [-0.4, -0.2) is 27.9 Å². The van der Waals surface area contributed by atoms with Crippen LogP contribution in [0.2, 0.25) is 0 Å². The number of pyridine rings is 1. The third-order valence-corrected chi connectivity index (χ3v) is 5.98. The Bertz CT molecular complexity index is 867. The molecule has 140 valence electrons. The van der Waals surface area contributed by atoms with Crippen LogP contribution < -0.4 is 10.6 Å². The molecular formula is C22H25N3O2. The highest BCUT2D eigenvalue weighted by Crippen LogP contribution is 2.48. The molecule has 0 radical (unpaired) electrons. The lowest BCUT2D eigenvalue weighted by Gasteiger charge is -2.40. The molecule has 5 nitrogen and oxygen atoms in total. The summed E-state index contributed by atoms with van der Waals surface area (Å²) in [6.45, 7) is 1.88. The van der Waals surface area contributed by atoms with Crippen LogP contribution in [0.25, 0.3) is 0 Å². The zero-order valence-corrected chi connectivity index (χ0v) is 15.6. The third kappa shape index (κ3) is 3.59. The van der Waals surface area contributed by atoms with Crippen molar-refractivity contribution in [1.29, 1.82) is 0 Å². The van der Waals surface area contributed by atoms with Crippen molar-refractivity contribution in [3.63, 3.8) is 0 Å². The number of amides is 2. The summed E-state index contributed by atoms with van der Waals surface area (Å²) in [5.41, 5.74) is 1.51. The quantitative estimate of drug-likeness (QED) is 0.875. The first kappa shape index (κ1) is 17.7. The van der Waals surface area contributed by atoms with Gasteiger partial charge in [0, 0.05) is 22.3 Å². The van der Waals surface area contributed by atoms with E-state index in [4.69, 9.17) is 0 Å². The maximum atomic E-state index is 12.7. The van der Waals surface area contributed by atoms with E-state index in [9.17, 15) is 9.59 Å². The van der Waals surface area contributed by atoms with Crippen LogP contribution >= 0.6 is 0 Å². The van der Waals surface area contributed by atoms with Gasteiger partial charge in [-0.15, -0.1) is 0 Å². The summed E-state index contributed by atoms with van der Waals surface area (Å²) in [5, 5.41) is 6.53. The molecule has 2 aromatic rings. The number of fused-ring (bicyclic) bond motifs is 2. The van der Waals surface area contributed by atoms with Gasteiger partial charge >= 0.3 is 0 Å². The second kappa shape index (κ2) is 6.80. The first-order chi connectivity index (χ1) is 13.0. The number of carbonyl (C=O) groups excluding carboxylic acids is 2. The molecule has 27 heavy (non-hydrogen) atoms. The van der Waals surface area contributed by atoms with E-state index in [-0.39, 0.29) is 22.9 Å². The molecule has 0 unspecified atom stereocenters. The van der Waals surface area contributed by atoms with Crippen molar-refractivity contribution in [1.82, 2.24) is 15.6 Å². The molecule has 2 aliphatic rings. The van der Waals surface area contributed by atoms with Gasteiger partial charge in [0.05, 0.1) is 0 Å². The van der Waals surface area contributed by atoms with E-state index in [0.29, 0.717) is 11.3 Å². The zero-order valence-electron chi connectivity index (χ0n) is 15.6. The fraction of sp³-hybridized carbons (Fsp3) is 0.409. The fourth-order valence-corrected chi connectivity index (χ4v) is 4.71. The highest BCUT2D eigenvalue weighted by Gasteiger charge is 2.52. The van der Waals surface area contributed by atoms with E-state index in [0.717, 1.165) is 44.2 Å². The Labute approximate surface area is 159 Å². The summed E-state index contributed by atoms with van der Waals surface area (Å²) in [7, 11) is 0. The lowest BCUT2D eigenvalue weighted by atomic mass is 9.78. The predicted molar refractivity (Wildman–Crippen MR) is 104 cm³/mol. The normalized spacial score (nSPS) is 26.4. The van der Waals surface area contributed by atoms with Gasteiger partial charge in [-0.3, -0.25) is 9.59 Å². The molecule has 0 aliphatic heterocycles. The molecule has 2 amide bonds. The van der Waals surface area contributed by atoms with E-state index in [1.807, 2.05) is 49.4 Å². The highest BCUT2D eigenvalue weighted by molar-refractivity contribution is 5.95. The number of benzene rings is 1. The minimum absolute atomic E-state index is 0.0278. The molecule has 2 aliphatic carbocycles. The minimum Gasteiger partial charge on any atom is -0.347 e. The van der Waals surface area contributed by atoms with Gasteiger partial charge in [-0.2, -0.15) is 0 Å². The van der Waals surface area contributed by atoms with Crippen molar-refractivity contribution >= 4 is 11.8 Å².